The van der Waals surface area contributed by atoms with E-state index < -0.39 is 30.1 Å². The highest BCUT2D eigenvalue weighted by molar-refractivity contribution is 8.14. The molecule has 2 aliphatic rings. The lowest BCUT2D eigenvalue weighted by Gasteiger charge is -2.41. The van der Waals surface area contributed by atoms with Crippen molar-refractivity contribution < 1.29 is 19.4 Å². The van der Waals surface area contributed by atoms with Gasteiger partial charge in [-0.2, -0.15) is 0 Å². The molecule has 1 saturated carbocycles. The van der Waals surface area contributed by atoms with Crippen molar-refractivity contribution in [1.29, 1.82) is 0 Å². The molecule has 0 aromatic carbocycles. The van der Waals surface area contributed by atoms with Crippen LogP contribution < -0.4 is 5.73 Å². The Morgan fingerprint density at radius 3 is 2.89 bits per heavy atom. The number of aliphatic hydroxyl groups is 2. The van der Waals surface area contributed by atoms with Crippen molar-refractivity contribution in [3.63, 3.8) is 0 Å². The molecule has 2 aromatic rings. The average molecular weight is 402 g/mol. The van der Waals surface area contributed by atoms with Crippen molar-refractivity contribution >= 4 is 22.8 Å². The van der Waals surface area contributed by atoms with Gasteiger partial charge in [0.15, 0.2) is 5.17 Å². The lowest BCUT2D eigenvalue weighted by Crippen LogP contribution is -2.58. The fourth-order valence-corrected chi connectivity index (χ4v) is 5.38. The number of fused-ring (bicyclic) bond motifs is 1. The van der Waals surface area contributed by atoms with Crippen molar-refractivity contribution in [1.82, 2.24) is 9.88 Å². The second-order valence-corrected chi connectivity index (χ2v) is 8.15. The third-order valence-electron chi connectivity index (χ3n) is 5.19. The lowest BCUT2D eigenvalue weighted by atomic mass is 9.80. The number of furan rings is 1. The molecule has 1 aliphatic carbocycles. The van der Waals surface area contributed by atoms with Gasteiger partial charge in [0, 0.05) is 11.4 Å². The van der Waals surface area contributed by atoms with Gasteiger partial charge in [-0.3, -0.25) is 14.8 Å². The van der Waals surface area contributed by atoms with Crippen LogP contribution in [0.1, 0.15) is 17.9 Å². The van der Waals surface area contributed by atoms with Gasteiger partial charge in [0.05, 0.1) is 43.1 Å². The zero-order valence-corrected chi connectivity index (χ0v) is 15.9. The van der Waals surface area contributed by atoms with E-state index in [0.29, 0.717) is 24.0 Å². The van der Waals surface area contributed by atoms with Crippen molar-refractivity contribution in [3.05, 3.63) is 54.2 Å². The van der Waals surface area contributed by atoms with E-state index >= 15 is 0 Å². The smallest absolute Gasteiger partial charge is 0.221 e. The normalized spacial score (nSPS) is 31.1. The van der Waals surface area contributed by atoms with Gasteiger partial charge < -0.3 is 25.3 Å². The molecular weight excluding hydrogens is 380 g/mol. The SMILES string of the molecule is NC(=O)[C@H]1C[C@@H](O)[C@H](O)[C@@H]2[C@@H]1SC(=NCc1ccco1)N2Cc1ccccn1. The van der Waals surface area contributed by atoms with Crippen LogP contribution in [0.2, 0.25) is 0 Å². The Balaban J connectivity index is 1.67. The van der Waals surface area contributed by atoms with Crippen LogP contribution in [-0.2, 0) is 17.9 Å². The van der Waals surface area contributed by atoms with Crippen molar-refractivity contribution in [3.8, 4) is 0 Å². The summed E-state index contributed by atoms with van der Waals surface area (Å²) in [5.74, 6) is -0.303. The molecule has 148 valence electrons. The summed E-state index contributed by atoms with van der Waals surface area (Å²) in [4.78, 5) is 22.9. The fraction of sp³-hybridized carbons (Fsp3) is 0.421. The van der Waals surface area contributed by atoms with E-state index in [4.69, 9.17) is 10.2 Å². The Morgan fingerprint density at radius 2 is 2.21 bits per heavy atom. The van der Waals surface area contributed by atoms with Crippen LogP contribution in [0.4, 0.5) is 0 Å². The number of hydrogen-bond acceptors (Lipinski definition) is 7. The average Bonchev–Trinajstić information content (AvgIpc) is 3.32. The Morgan fingerprint density at radius 1 is 1.36 bits per heavy atom. The molecule has 8 nitrogen and oxygen atoms in total. The van der Waals surface area contributed by atoms with Crippen LogP contribution in [-0.4, -0.2) is 54.7 Å². The molecule has 2 aromatic heterocycles. The number of carbonyl (C=O) groups excluding carboxylic acids is 1. The van der Waals surface area contributed by atoms with Crippen LogP contribution in [0.5, 0.6) is 0 Å². The van der Waals surface area contributed by atoms with Crippen LogP contribution in [0, 0.1) is 5.92 Å². The number of amides is 1. The van der Waals surface area contributed by atoms with Gasteiger partial charge in [-0.15, -0.1) is 0 Å². The zero-order valence-electron chi connectivity index (χ0n) is 15.1. The summed E-state index contributed by atoms with van der Waals surface area (Å²) < 4.78 is 5.35. The van der Waals surface area contributed by atoms with Gasteiger partial charge in [0.25, 0.3) is 0 Å². The monoisotopic (exact) mass is 402 g/mol. The number of aliphatic hydroxyl groups excluding tert-OH is 2. The summed E-state index contributed by atoms with van der Waals surface area (Å²) in [6.07, 6.45) is 1.41. The van der Waals surface area contributed by atoms with Crippen molar-refractivity contribution in [2.75, 3.05) is 0 Å². The minimum Gasteiger partial charge on any atom is -0.467 e. The molecule has 4 N–H and O–H groups in total. The number of primary amides is 1. The second kappa shape index (κ2) is 7.94. The van der Waals surface area contributed by atoms with E-state index in [2.05, 4.69) is 9.98 Å². The van der Waals surface area contributed by atoms with Crippen LogP contribution in [0.15, 0.2) is 52.2 Å². The number of aliphatic imine (C=N–C) groups is 1. The highest BCUT2D eigenvalue weighted by Crippen LogP contribution is 2.44. The molecular formula is C19H22N4O4S. The summed E-state index contributed by atoms with van der Waals surface area (Å²) in [7, 11) is 0. The van der Waals surface area contributed by atoms with Crippen LogP contribution >= 0.6 is 11.8 Å². The predicted octanol–water partition coefficient (Wildman–Crippen LogP) is 0.744. The Hall–Kier alpha value is -2.36. The first-order valence-corrected chi connectivity index (χ1v) is 9.98. The lowest BCUT2D eigenvalue weighted by molar-refractivity contribution is -0.128. The first-order valence-electron chi connectivity index (χ1n) is 9.10. The number of pyridine rings is 1. The summed E-state index contributed by atoms with van der Waals surface area (Å²) in [6.45, 7) is 0.745. The van der Waals surface area contributed by atoms with Gasteiger partial charge in [0.1, 0.15) is 11.9 Å². The molecule has 4 rings (SSSR count). The van der Waals surface area contributed by atoms with E-state index in [9.17, 15) is 15.0 Å². The highest BCUT2D eigenvalue weighted by Gasteiger charge is 2.54. The van der Waals surface area contributed by atoms with Crippen molar-refractivity contribution in [2.24, 2.45) is 16.6 Å². The number of nitrogens with two attached hydrogens (primary N) is 1. The summed E-state index contributed by atoms with van der Waals surface area (Å²) in [6, 6.07) is 8.76. The van der Waals surface area contributed by atoms with Crippen LogP contribution in [0.25, 0.3) is 0 Å². The molecule has 3 heterocycles. The molecule has 9 heteroatoms. The molecule has 2 fully saturated rings. The first kappa shape index (κ1) is 19.0. The van der Waals surface area contributed by atoms with Gasteiger partial charge in [-0.25, -0.2) is 0 Å². The highest BCUT2D eigenvalue weighted by atomic mass is 32.2. The topological polar surface area (TPSA) is 125 Å². The molecule has 1 aliphatic heterocycles. The number of carbonyl (C=O) groups is 1. The first-order chi connectivity index (χ1) is 13.5. The summed E-state index contributed by atoms with van der Waals surface area (Å²) in [5.41, 5.74) is 6.40. The Bertz CT molecular complexity index is 845. The van der Waals surface area contributed by atoms with E-state index in [1.54, 1.807) is 18.5 Å². The van der Waals surface area contributed by atoms with E-state index in [1.807, 2.05) is 29.2 Å². The predicted molar refractivity (Wildman–Crippen MR) is 104 cm³/mol. The largest absolute Gasteiger partial charge is 0.467 e. The molecule has 0 radical (unpaired) electrons. The van der Waals surface area contributed by atoms with Crippen molar-refractivity contribution in [2.45, 2.75) is 43.0 Å². The van der Waals surface area contributed by atoms with Gasteiger partial charge in [-0.1, -0.05) is 17.8 Å². The molecule has 1 saturated heterocycles. The minimum absolute atomic E-state index is 0.146. The fourth-order valence-electron chi connectivity index (χ4n) is 3.82. The second-order valence-electron chi connectivity index (χ2n) is 7.00. The third-order valence-corrected chi connectivity index (χ3v) is 6.65. The maximum atomic E-state index is 12.0. The number of nitrogens with zero attached hydrogens (tertiary/aromatic N) is 3. The molecule has 0 bridgehead atoms. The number of hydrogen-bond donors (Lipinski definition) is 3. The Labute approximate surface area is 166 Å². The maximum Gasteiger partial charge on any atom is 0.221 e. The minimum atomic E-state index is -1.02. The number of aromatic nitrogens is 1. The standard InChI is InChI=1S/C19H22N4O4S/c20-18(26)13-8-14(24)16(25)15-17(13)28-19(22-9-12-5-3-7-27-12)23(15)10-11-4-1-2-6-21-11/h1-7,13-17,24-25H,8-10H2,(H2,20,26)/t13-,14+,15+,16-,17+/m0/s1. The van der Waals surface area contributed by atoms with E-state index in [0.717, 1.165) is 5.69 Å². The van der Waals surface area contributed by atoms with E-state index in [1.165, 1.54) is 11.8 Å². The summed E-state index contributed by atoms with van der Waals surface area (Å²) in [5, 5.41) is 21.4. The molecule has 5 atom stereocenters. The molecule has 28 heavy (non-hydrogen) atoms. The van der Waals surface area contributed by atoms with Gasteiger partial charge >= 0.3 is 0 Å². The Kier molecular flexibility index (Phi) is 5.38. The number of rotatable bonds is 5. The molecule has 0 unspecified atom stereocenters. The molecule has 1 amide bonds. The zero-order chi connectivity index (χ0) is 19.7. The van der Waals surface area contributed by atoms with Crippen LogP contribution in [0.3, 0.4) is 0 Å². The summed E-state index contributed by atoms with van der Waals surface area (Å²) >= 11 is 1.42. The van der Waals surface area contributed by atoms with Gasteiger partial charge in [0.2, 0.25) is 5.91 Å². The quantitative estimate of drug-likeness (QED) is 0.674. The number of thioether (sulfide) groups is 1. The third kappa shape index (κ3) is 3.65. The number of amidine groups is 1. The van der Waals surface area contributed by atoms with Gasteiger partial charge in [-0.05, 0) is 30.7 Å². The maximum absolute atomic E-state index is 12.0. The molecule has 0 spiro atoms. The van der Waals surface area contributed by atoms with E-state index in [-0.39, 0.29) is 11.7 Å².